The summed E-state index contributed by atoms with van der Waals surface area (Å²) in [6, 6.07) is 0.534. The summed E-state index contributed by atoms with van der Waals surface area (Å²) >= 11 is 0. The molecule has 0 fully saturated rings. The lowest BCUT2D eigenvalue weighted by atomic mass is 10.2. The number of amides is 1. The molecular weight excluding hydrogens is 281 g/mol. The maximum atomic E-state index is 12.2. The van der Waals surface area contributed by atoms with E-state index in [0.717, 1.165) is 6.20 Å². The number of ether oxygens (including phenoxy) is 1. The maximum Gasteiger partial charge on any atom is 0.391 e. The number of rotatable bonds is 5. The highest BCUT2D eigenvalue weighted by atomic mass is 19.4. The summed E-state index contributed by atoms with van der Waals surface area (Å²) in [7, 11) is 1.35. The van der Waals surface area contributed by atoms with Crippen LogP contribution >= 0.6 is 0 Å². The maximum absolute atomic E-state index is 12.2. The minimum Gasteiger partial charge on any atom is -0.481 e. The normalized spacial score (nSPS) is 12.6. The predicted molar refractivity (Wildman–Crippen MR) is 60.4 cm³/mol. The zero-order valence-corrected chi connectivity index (χ0v) is 10.3. The Morgan fingerprint density at radius 1 is 1.45 bits per heavy atom. The van der Waals surface area contributed by atoms with Crippen LogP contribution in [0, 0.1) is 0 Å². The molecule has 6 nitrogen and oxygen atoms in total. The number of nitrogens with one attached hydrogen (secondary N) is 1. The van der Waals surface area contributed by atoms with E-state index in [1.54, 1.807) is 5.32 Å². The molecule has 1 aromatic rings. The summed E-state index contributed by atoms with van der Waals surface area (Å²) < 4.78 is 41.3. The van der Waals surface area contributed by atoms with Crippen molar-refractivity contribution in [2.24, 2.45) is 0 Å². The van der Waals surface area contributed by atoms with Crippen molar-refractivity contribution < 1.29 is 32.6 Å². The van der Waals surface area contributed by atoms with Crippen LogP contribution in [0.15, 0.2) is 18.3 Å². The monoisotopic (exact) mass is 292 g/mol. The molecule has 1 unspecified atom stereocenters. The van der Waals surface area contributed by atoms with Crippen molar-refractivity contribution in [3.63, 3.8) is 0 Å². The van der Waals surface area contributed by atoms with Gasteiger partial charge in [-0.05, 0) is 6.07 Å². The molecule has 0 bridgehead atoms. The number of nitrogens with zero attached hydrogens (tertiary/aromatic N) is 1. The second-order valence-electron chi connectivity index (χ2n) is 3.77. The number of carboxylic acids is 1. The number of alkyl halides is 3. The van der Waals surface area contributed by atoms with Gasteiger partial charge in [0.25, 0.3) is 5.91 Å². The minimum atomic E-state index is -4.70. The SMILES string of the molecule is COc1ccc(C(=O)NC(CC(F)(F)F)C(=O)O)cn1. The Bertz CT molecular complexity index is 487. The lowest BCUT2D eigenvalue weighted by molar-refractivity contribution is -0.157. The number of carboxylic acid groups (broad SMARTS) is 1. The minimum absolute atomic E-state index is 0.0702. The number of hydrogen-bond acceptors (Lipinski definition) is 4. The highest BCUT2D eigenvalue weighted by Crippen LogP contribution is 2.21. The first-order valence-electron chi connectivity index (χ1n) is 5.33. The highest BCUT2D eigenvalue weighted by molar-refractivity contribution is 5.96. The van der Waals surface area contributed by atoms with Crippen LogP contribution in [0.3, 0.4) is 0 Å². The number of pyridine rings is 1. The predicted octanol–water partition coefficient (Wildman–Crippen LogP) is 1.23. The Kier molecular flexibility index (Phi) is 4.89. The molecule has 110 valence electrons. The van der Waals surface area contributed by atoms with Crippen molar-refractivity contribution in [2.75, 3.05) is 7.11 Å². The largest absolute Gasteiger partial charge is 0.481 e. The zero-order valence-electron chi connectivity index (χ0n) is 10.3. The van der Waals surface area contributed by atoms with Gasteiger partial charge < -0.3 is 15.2 Å². The van der Waals surface area contributed by atoms with Gasteiger partial charge in [0.15, 0.2) is 0 Å². The van der Waals surface area contributed by atoms with Crippen LogP contribution in [-0.4, -0.2) is 41.3 Å². The van der Waals surface area contributed by atoms with Crippen LogP contribution in [0.25, 0.3) is 0 Å². The number of aromatic nitrogens is 1. The van der Waals surface area contributed by atoms with E-state index >= 15 is 0 Å². The number of halogens is 3. The van der Waals surface area contributed by atoms with Gasteiger partial charge in [-0.3, -0.25) is 4.79 Å². The molecule has 1 atom stereocenters. The molecule has 1 heterocycles. The second kappa shape index (κ2) is 6.22. The summed E-state index contributed by atoms with van der Waals surface area (Å²) in [5.41, 5.74) is -0.0702. The van der Waals surface area contributed by atoms with Crippen LogP contribution in [-0.2, 0) is 4.79 Å². The Balaban J connectivity index is 2.77. The molecule has 0 saturated heterocycles. The van der Waals surface area contributed by atoms with Gasteiger partial charge in [-0.1, -0.05) is 0 Å². The van der Waals surface area contributed by atoms with Gasteiger partial charge in [-0.15, -0.1) is 0 Å². The molecule has 20 heavy (non-hydrogen) atoms. The average Bonchev–Trinajstić information content (AvgIpc) is 2.36. The smallest absolute Gasteiger partial charge is 0.391 e. The fraction of sp³-hybridized carbons (Fsp3) is 0.364. The molecule has 0 aliphatic rings. The summed E-state index contributed by atoms with van der Waals surface area (Å²) in [6.07, 6.45) is -5.28. The molecule has 0 aliphatic carbocycles. The third-order valence-corrected chi connectivity index (χ3v) is 2.25. The summed E-state index contributed by atoms with van der Waals surface area (Å²) in [5, 5.41) is 10.5. The fourth-order valence-electron chi connectivity index (χ4n) is 1.31. The Morgan fingerprint density at radius 2 is 2.10 bits per heavy atom. The van der Waals surface area contributed by atoms with Crippen molar-refractivity contribution in [3.05, 3.63) is 23.9 Å². The first kappa shape index (κ1) is 15.7. The van der Waals surface area contributed by atoms with Crippen LogP contribution in [0.2, 0.25) is 0 Å². The summed E-state index contributed by atoms with van der Waals surface area (Å²) in [5.74, 6) is -2.51. The van der Waals surface area contributed by atoms with E-state index < -0.39 is 30.5 Å². The molecule has 1 rings (SSSR count). The third-order valence-electron chi connectivity index (χ3n) is 2.25. The standard InChI is InChI=1S/C11H11F3N2O4/c1-20-8-3-2-6(5-15-8)9(17)16-7(10(18)19)4-11(12,13)14/h2-3,5,7H,4H2,1H3,(H,16,17)(H,18,19). The molecule has 0 radical (unpaired) electrons. The first-order valence-corrected chi connectivity index (χ1v) is 5.33. The number of carbonyl (C=O) groups excluding carboxylic acids is 1. The Morgan fingerprint density at radius 3 is 2.50 bits per heavy atom. The Hall–Kier alpha value is -2.32. The molecule has 2 N–H and O–H groups in total. The number of methoxy groups -OCH3 is 1. The van der Waals surface area contributed by atoms with Gasteiger partial charge in [0.1, 0.15) is 6.04 Å². The number of carbonyl (C=O) groups is 2. The molecule has 0 saturated carbocycles. The number of aliphatic carboxylic acids is 1. The van der Waals surface area contributed by atoms with Gasteiger partial charge in [-0.25, -0.2) is 9.78 Å². The van der Waals surface area contributed by atoms with Crippen molar-refractivity contribution >= 4 is 11.9 Å². The van der Waals surface area contributed by atoms with E-state index in [4.69, 9.17) is 9.84 Å². The van der Waals surface area contributed by atoms with Crippen molar-refractivity contribution in [1.82, 2.24) is 10.3 Å². The summed E-state index contributed by atoms with van der Waals surface area (Å²) in [4.78, 5) is 26.0. The lowest BCUT2D eigenvalue weighted by Gasteiger charge is -2.16. The van der Waals surface area contributed by atoms with Gasteiger partial charge in [0.2, 0.25) is 5.88 Å². The van der Waals surface area contributed by atoms with E-state index in [0.29, 0.717) is 0 Å². The van der Waals surface area contributed by atoms with E-state index in [9.17, 15) is 22.8 Å². The molecule has 1 aromatic heterocycles. The molecule has 0 aromatic carbocycles. The average molecular weight is 292 g/mol. The molecule has 9 heteroatoms. The molecule has 0 spiro atoms. The molecule has 0 aliphatic heterocycles. The van der Waals surface area contributed by atoms with E-state index in [-0.39, 0.29) is 11.4 Å². The molecular formula is C11H11F3N2O4. The van der Waals surface area contributed by atoms with Crippen LogP contribution in [0.4, 0.5) is 13.2 Å². The van der Waals surface area contributed by atoms with Gasteiger partial charge in [-0.2, -0.15) is 13.2 Å². The fourth-order valence-corrected chi connectivity index (χ4v) is 1.31. The van der Waals surface area contributed by atoms with Crippen molar-refractivity contribution in [3.8, 4) is 5.88 Å². The van der Waals surface area contributed by atoms with Crippen molar-refractivity contribution in [2.45, 2.75) is 18.6 Å². The van der Waals surface area contributed by atoms with Gasteiger partial charge in [0.05, 0.1) is 19.1 Å². The van der Waals surface area contributed by atoms with Crippen molar-refractivity contribution in [1.29, 1.82) is 0 Å². The third kappa shape index (κ3) is 4.75. The van der Waals surface area contributed by atoms with Gasteiger partial charge >= 0.3 is 12.1 Å². The van der Waals surface area contributed by atoms with Gasteiger partial charge in [0, 0.05) is 12.3 Å². The van der Waals surface area contributed by atoms with E-state index in [1.165, 1.54) is 19.2 Å². The quantitative estimate of drug-likeness (QED) is 0.852. The zero-order chi connectivity index (χ0) is 15.3. The first-order chi connectivity index (χ1) is 9.23. The lowest BCUT2D eigenvalue weighted by Crippen LogP contribution is -2.43. The van der Waals surface area contributed by atoms with E-state index in [1.807, 2.05) is 0 Å². The topological polar surface area (TPSA) is 88.5 Å². The second-order valence-corrected chi connectivity index (χ2v) is 3.77. The highest BCUT2D eigenvalue weighted by Gasteiger charge is 2.36. The van der Waals surface area contributed by atoms with Crippen LogP contribution in [0.5, 0.6) is 5.88 Å². The Labute approximate surface area is 111 Å². The van der Waals surface area contributed by atoms with E-state index in [2.05, 4.69) is 4.98 Å². The van der Waals surface area contributed by atoms with Crippen LogP contribution < -0.4 is 10.1 Å². The summed E-state index contributed by atoms with van der Waals surface area (Å²) in [6.45, 7) is 0. The van der Waals surface area contributed by atoms with Crippen LogP contribution in [0.1, 0.15) is 16.8 Å². The molecule has 1 amide bonds. The number of hydrogen-bond donors (Lipinski definition) is 2.